The van der Waals surface area contributed by atoms with Crippen LogP contribution in [-0.4, -0.2) is 41.0 Å². The fourth-order valence-electron chi connectivity index (χ4n) is 5.11. The number of ether oxygens (including phenoxy) is 2. The lowest BCUT2D eigenvalue weighted by molar-refractivity contribution is -0.141. The predicted octanol–water partition coefficient (Wildman–Crippen LogP) is 6.41. The maximum atomic E-state index is 13.3. The Balaban J connectivity index is 1.67. The lowest BCUT2D eigenvalue weighted by atomic mass is 9.94. The zero-order chi connectivity index (χ0) is 25.5. The van der Waals surface area contributed by atoms with E-state index in [9.17, 15) is 14.7 Å². The molecule has 1 saturated heterocycles. The van der Waals surface area contributed by atoms with Crippen LogP contribution in [0.2, 0.25) is 0 Å². The van der Waals surface area contributed by atoms with E-state index in [1.54, 1.807) is 29.2 Å². The molecule has 1 saturated carbocycles. The number of aliphatic hydroxyl groups excluding tert-OH is 1. The summed E-state index contributed by atoms with van der Waals surface area (Å²) in [6.07, 6.45) is 7.94. The first-order valence-electron chi connectivity index (χ1n) is 13.3. The third-order valence-electron chi connectivity index (χ3n) is 7.01. The van der Waals surface area contributed by atoms with Crippen LogP contribution in [0.3, 0.4) is 0 Å². The number of carbonyl (C=O) groups excluding carboxylic acids is 2. The van der Waals surface area contributed by atoms with E-state index < -0.39 is 17.7 Å². The SMILES string of the molecule is CCCCCOc1ccc(/C(O)=C2\C(=O)C(=O)N(C3CCCC3)C2c2ccc(OCCC)cc2)cc1. The normalized spacial score (nSPS) is 19.7. The summed E-state index contributed by atoms with van der Waals surface area (Å²) in [5.74, 6) is 0.148. The summed E-state index contributed by atoms with van der Waals surface area (Å²) in [5, 5.41) is 11.3. The molecule has 2 aromatic carbocycles. The van der Waals surface area contributed by atoms with E-state index >= 15 is 0 Å². The van der Waals surface area contributed by atoms with Crippen molar-refractivity contribution in [2.45, 2.75) is 77.3 Å². The van der Waals surface area contributed by atoms with Crippen molar-refractivity contribution in [3.63, 3.8) is 0 Å². The first-order valence-corrected chi connectivity index (χ1v) is 13.3. The quantitative estimate of drug-likeness (QED) is 0.170. The van der Waals surface area contributed by atoms with Gasteiger partial charge in [-0.05, 0) is 67.6 Å². The number of aliphatic hydroxyl groups is 1. The molecule has 2 fully saturated rings. The minimum absolute atomic E-state index is 0.00772. The van der Waals surface area contributed by atoms with Gasteiger partial charge < -0.3 is 19.5 Å². The maximum absolute atomic E-state index is 13.3. The minimum Gasteiger partial charge on any atom is -0.507 e. The highest BCUT2D eigenvalue weighted by Gasteiger charge is 2.49. The fraction of sp³-hybridized carbons (Fsp3) is 0.467. The van der Waals surface area contributed by atoms with Gasteiger partial charge in [0, 0.05) is 11.6 Å². The molecule has 2 aliphatic rings. The molecule has 192 valence electrons. The molecule has 0 aromatic heterocycles. The molecular weight excluding hydrogens is 454 g/mol. The van der Waals surface area contributed by atoms with E-state index in [4.69, 9.17) is 9.47 Å². The van der Waals surface area contributed by atoms with Crippen molar-refractivity contribution in [2.24, 2.45) is 0 Å². The van der Waals surface area contributed by atoms with Gasteiger partial charge in [-0.2, -0.15) is 0 Å². The molecule has 1 amide bonds. The van der Waals surface area contributed by atoms with Crippen LogP contribution < -0.4 is 9.47 Å². The Kier molecular flexibility index (Phi) is 8.68. The lowest BCUT2D eigenvalue weighted by Crippen LogP contribution is -2.37. The third kappa shape index (κ3) is 5.58. The molecule has 4 rings (SSSR count). The molecule has 0 radical (unpaired) electrons. The van der Waals surface area contributed by atoms with E-state index in [1.165, 1.54) is 0 Å². The molecule has 0 bridgehead atoms. The molecule has 36 heavy (non-hydrogen) atoms. The maximum Gasteiger partial charge on any atom is 0.295 e. The van der Waals surface area contributed by atoms with Crippen molar-refractivity contribution < 1.29 is 24.2 Å². The number of amides is 1. The first-order chi connectivity index (χ1) is 17.5. The molecule has 1 unspecified atom stereocenters. The highest BCUT2D eigenvalue weighted by molar-refractivity contribution is 6.46. The van der Waals surface area contributed by atoms with Crippen LogP contribution in [0.25, 0.3) is 5.76 Å². The number of unbranched alkanes of at least 4 members (excludes halogenated alkanes) is 2. The molecule has 6 nitrogen and oxygen atoms in total. The average molecular weight is 492 g/mol. The topological polar surface area (TPSA) is 76.1 Å². The van der Waals surface area contributed by atoms with E-state index in [0.29, 0.717) is 24.5 Å². The van der Waals surface area contributed by atoms with Gasteiger partial charge in [-0.3, -0.25) is 9.59 Å². The van der Waals surface area contributed by atoms with Crippen LogP contribution in [0.1, 0.15) is 82.4 Å². The minimum atomic E-state index is -0.629. The first kappa shape index (κ1) is 25.8. The monoisotopic (exact) mass is 491 g/mol. The fourth-order valence-corrected chi connectivity index (χ4v) is 5.11. The number of Topliss-reactive ketones (excluding diaryl/α,β-unsaturated/α-hetero) is 1. The number of hydrogen-bond acceptors (Lipinski definition) is 5. The summed E-state index contributed by atoms with van der Waals surface area (Å²) < 4.78 is 11.5. The van der Waals surface area contributed by atoms with E-state index in [-0.39, 0.29) is 17.4 Å². The molecule has 1 heterocycles. The van der Waals surface area contributed by atoms with Gasteiger partial charge >= 0.3 is 0 Å². The van der Waals surface area contributed by atoms with Crippen LogP contribution in [-0.2, 0) is 9.59 Å². The molecular formula is C30H37NO5. The average Bonchev–Trinajstić information content (AvgIpc) is 3.52. The lowest BCUT2D eigenvalue weighted by Gasteiger charge is -2.30. The molecule has 1 atom stereocenters. The molecule has 2 aromatic rings. The summed E-state index contributed by atoms with van der Waals surface area (Å²) in [5.41, 5.74) is 1.43. The standard InChI is InChI=1S/C30H37NO5/c1-3-5-8-20-36-25-17-13-22(14-18-25)28(32)26-27(21-11-15-24(16-12-21)35-19-4-2)31(30(34)29(26)33)23-9-6-7-10-23/h11-18,23,27,32H,3-10,19-20H2,1-2H3/b28-26+. The third-order valence-corrected chi connectivity index (χ3v) is 7.01. The Hall–Kier alpha value is -3.28. The van der Waals surface area contributed by atoms with Crippen molar-refractivity contribution in [3.05, 3.63) is 65.2 Å². The summed E-state index contributed by atoms with van der Waals surface area (Å²) in [7, 11) is 0. The number of hydrogen-bond donors (Lipinski definition) is 1. The molecule has 1 N–H and O–H groups in total. The molecule has 0 spiro atoms. The van der Waals surface area contributed by atoms with Crippen molar-refractivity contribution in [1.29, 1.82) is 0 Å². The Morgan fingerprint density at radius 2 is 1.47 bits per heavy atom. The number of rotatable bonds is 11. The van der Waals surface area contributed by atoms with Gasteiger partial charge in [0.15, 0.2) is 0 Å². The number of ketones is 1. The number of benzene rings is 2. The van der Waals surface area contributed by atoms with Gasteiger partial charge in [-0.25, -0.2) is 0 Å². The largest absolute Gasteiger partial charge is 0.507 e. The zero-order valence-corrected chi connectivity index (χ0v) is 21.4. The van der Waals surface area contributed by atoms with Gasteiger partial charge in [0.2, 0.25) is 0 Å². The molecule has 1 aliphatic heterocycles. The summed E-state index contributed by atoms with van der Waals surface area (Å²) in [6.45, 7) is 5.46. The Morgan fingerprint density at radius 3 is 2.08 bits per heavy atom. The predicted molar refractivity (Wildman–Crippen MR) is 140 cm³/mol. The summed E-state index contributed by atoms with van der Waals surface area (Å²) in [4.78, 5) is 28.2. The summed E-state index contributed by atoms with van der Waals surface area (Å²) in [6, 6.07) is 14.0. The number of carbonyl (C=O) groups is 2. The second-order valence-electron chi connectivity index (χ2n) is 9.64. The highest BCUT2D eigenvalue weighted by Crippen LogP contribution is 2.43. The van der Waals surface area contributed by atoms with Crippen molar-refractivity contribution >= 4 is 17.4 Å². The van der Waals surface area contributed by atoms with Crippen LogP contribution >= 0.6 is 0 Å². The Labute approximate surface area is 213 Å². The van der Waals surface area contributed by atoms with Gasteiger partial charge in [0.1, 0.15) is 17.3 Å². The van der Waals surface area contributed by atoms with Gasteiger partial charge in [-0.15, -0.1) is 0 Å². The second-order valence-corrected chi connectivity index (χ2v) is 9.64. The van der Waals surface area contributed by atoms with Crippen molar-refractivity contribution in [3.8, 4) is 11.5 Å². The van der Waals surface area contributed by atoms with Crippen LogP contribution in [0, 0.1) is 0 Å². The zero-order valence-electron chi connectivity index (χ0n) is 21.4. The van der Waals surface area contributed by atoms with Gasteiger partial charge in [0.25, 0.3) is 11.7 Å². The Bertz CT molecular complexity index is 1070. The summed E-state index contributed by atoms with van der Waals surface area (Å²) >= 11 is 0. The van der Waals surface area contributed by atoms with Crippen LogP contribution in [0.4, 0.5) is 0 Å². The number of nitrogens with zero attached hydrogens (tertiary/aromatic N) is 1. The van der Waals surface area contributed by atoms with Gasteiger partial charge in [-0.1, -0.05) is 51.7 Å². The van der Waals surface area contributed by atoms with Crippen LogP contribution in [0.5, 0.6) is 11.5 Å². The van der Waals surface area contributed by atoms with E-state index in [0.717, 1.165) is 62.7 Å². The van der Waals surface area contributed by atoms with Gasteiger partial charge in [0.05, 0.1) is 24.8 Å². The van der Waals surface area contributed by atoms with Crippen LogP contribution in [0.15, 0.2) is 54.1 Å². The Morgan fingerprint density at radius 1 is 0.861 bits per heavy atom. The molecule has 6 heteroatoms. The highest BCUT2D eigenvalue weighted by atomic mass is 16.5. The smallest absolute Gasteiger partial charge is 0.295 e. The van der Waals surface area contributed by atoms with Crippen molar-refractivity contribution in [1.82, 2.24) is 4.90 Å². The van der Waals surface area contributed by atoms with E-state index in [2.05, 4.69) is 13.8 Å². The van der Waals surface area contributed by atoms with Crippen molar-refractivity contribution in [2.75, 3.05) is 13.2 Å². The number of likely N-dealkylation sites (tertiary alicyclic amines) is 1. The van der Waals surface area contributed by atoms with E-state index in [1.807, 2.05) is 24.3 Å². The second kappa shape index (κ2) is 12.1. The molecule has 1 aliphatic carbocycles.